The first-order valence-electron chi connectivity index (χ1n) is 6.07. The maximum atomic E-state index is 5.38. The maximum Gasteiger partial charge on any atom is 0.161 e. The fourth-order valence-electron chi connectivity index (χ4n) is 2.10. The highest BCUT2D eigenvalue weighted by Crippen LogP contribution is 2.37. The van der Waals surface area contributed by atoms with Gasteiger partial charge in [-0.3, -0.25) is 0 Å². The minimum absolute atomic E-state index is 0.676. The van der Waals surface area contributed by atoms with Gasteiger partial charge >= 0.3 is 0 Å². The van der Waals surface area contributed by atoms with E-state index in [1.165, 1.54) is 0 Å². The van der Waals surface area contributed by atoms with E-state index in [4.69, 9.17) is 9.47 Å². The summed E-state index contributed by atoms with van der Waals surface area (Å²) in [6, 6.07) is 3.90. The molecule has 108 valence electrons. The van der Waals surface area contributed by atoms with Gasteiger partial charge in [0.25, 0.3) is 0 Å². The second-order valence-electron chi connectivity index (χ2n) is 4.25. The molecule has 2 aromatic rings. The van der Waals surface area contributed by atoms with Crippen LogP contribution in [0.2, 0.25) is 0 Å². The van der Waals surface area contributed by atoms with Gasteiger partial charge in [-0.25, -0.2) is 4.68 Å². The van der Waals surface area contributed by atoms with E-state index < -0.39 is 0 Å². The largest absolute Gasteiger partial charge is 0.493 e. The van der Waals surface area contributed by atoms with E-state index in [0.29, 0.717) is 22.6 Å². The van der Waals surface area contributed by atoms with Crippen LogP contribution in [0.15, 0.2) is 16.7 Å². The zero-order chi connectivity index (χ0) is 14.7. The smallest absolute Gasteiger partial charge is 0.161 e. The molecule has 0 aliphatic carbocycles. The van der Waals surface area contributed by atoms with Crippen LogP contribution in [-0.2, 0) is 13.6 Å². The lowest BCUT2D eigenvalue weighted by Crippen LogP contribution is -2.08. The van der Waals surface area contributed by atoms with Gasteiger partial charge in [-0.1, -0.05) is 5.21 Å². The van der Waals surface area contributed by atoms with Crippen LogP contribution in [0, 0.1) is 0 Å². The highest BCUT2D eigenvalue weighted by molar-refractivity contribution is 9.10. The van der Waals surface area contributed by atoms with Crippen molar-refractivity contribution < 1.29 is 9.47 Å². The number of aryl methyl sites for hydroxylation is 1. The Morgan fingerprint density at radius 3 is 2.40 bits per heavy atom. The number of halogens is 1. The zero-order valence-corrected chi connectivity index (χ0v) is 13.5. The molecule has 0 saturated carbocycles. The van der Waals surface area contributed by atoms with Crippen molar-refractivity contribution in [2.75, 3.05) is 21.3 Å². The van der Waals surface area contributed by atoms with Gasteiger partial charge in [-0.15, -0.1) is 5.10 Å². The predicted molar refractivity (Wildman–Crippen MR) is 80.0 cm³/mol. The molecular weight excluding hydrogens is 324 g/mol. The number of hydrogen-bond acceptors (Lipinski definition) is 5. The van der Waals surface area contributed by atoms with Crippen LogP contribution in [0.1, 0.15) is 5.56 Å². The third kappa shape index (κ3) is 2.64. The van der Waals surface area contributed by atoms with E-state index in [9.17, 15) is 0 Å². The van der Waals surface area contributed by atoms with Crippen LogP contribution in [0.3, 0.4) is 0 Å². The van der Waals surface area contributed by atoms with Crippen LogP contribution >= 0.6 is 15.9 Å². The molecule has 1 heterocycles. The second kappa shape index (κ2) is 6.23. The van der Waals surface area contributed by atoms with Crippen molar-refractivity contribution in [3.05, 3.63) is 22.3 Å². The van der Waals surface area contributed by atoms with E-state index in [2.05, 4.69) is 31.6 Å². The van der Waals surface area contributed by atoms with E-state index in [1.54, 1.807) is 18.9 Å². The maximum absolute atomic E-state index is 5.38. The number of aromatic nitrogens is 3. The highest BCUT2D eigenvalue weighted by atomic mass is 79.9. The normalized spacial score (nSPS) is 10.7. The molecule has 6 nitrogen and oxygen atoms in total. The minimum Gasteiger partial charge on any atom is -0.493 e. The summed E-state index contributed by atoms with van der Waals surface area (Å²) >= 11 is 3.43. The van der Waals surface area contributed by atoms with E-state index >= 15 is 0 Å². The molecule has 1 aromatic carbocycles. The van der Waals surface area contributed by atoms with Crippen molar-refractivity contribution in [2.45, 2.75) is 6.54 Å². The summed E-state index contributed by atoms with van der Waals surface area (Å²) in [5.41, 5.74) is 2.98. The van der Waals surface area contributed by atoms with E-state index in [0.717, 1.165) is 16.8 Å². The SMILES string of the molecule is CNCc1cc(OC)c(OC)cc1-c1c(Br)nnn1C. The molecular formula is C13H17BrN4O2. The van der Waals surface area contributed by atoms with E-state index in [-0.39, 0.29) is 0 Å². The highest BCUT2D eigenvalue weighted by Gasteiger charge is 2.18. The topological polar surface area (TPSA) is 61.2 Å². The van der Waals surface area contributed by atoms with Crippen LogP contribution in [0.5, 0.6) is 11.5 Å². The quantitative estimate of drug-likeness (QED) is 0.901. The molecule has 0 fully saturated rings. The molecule has 0 atom stereocenters. The van der Waals surface area contributed by atoms with Gasteiger partial charge < -0.3 is 14.8 Å². The second-order valence-corrected chi connectivity index (χ2v) is 5.00. The first-order chi connectivity index (χ1) is 9.62. The van der Waals surface area contributed by atoms with Crippen LogP contribution in [-0.4, -0.2) is 36.3 Å². The molecule has 2 rings (SSSR count). The van der Waals surface area contributed by atoms with Crippen molar-refractivity contribution in [1.82, 2.24) is 20.3 Å². The van der Waals surface area contributed by atoms with Crippen molar-refractivity contribution >= 4 is 15.9 Å². The first kappa shape index (κ1) is 14.8. The molecule has 0 spiro atoms. The van der Waals surface area contributed by atoms with Gasteiger partial charge in [-0.2, -0.15) is 0 Å². The molecule has 1 N–H and O–H groups in total. The minimum atomic E-state index is 0.676. The van der Waals surface area contributed by atoms with Gasteiger partial charge in [0.05, 0.1) is 14.2 Å². The van der Waals surface area contributed by atoms with Gasteiger partial charge in [0.1, 0.15) is 5.69 Å². The fourth-order valence-corrected chi connectivity index (χ4v) is 2.64. The van der Waals surface area contributed by atoms with Crippen LogP contribution in [0.25, 0.3) is 11.3 Å². The Labute approximate surface area is 126 Å². The third-order valence-corrected chi connectivity index (χ3v) is 3.55. The molecule has 0 aliphatic rings. The average molecular weight is 341 g/mol. The lowest BCUT2D eigenvalue weighted by Gasteiger charge is -2.15. The lowest BCUT2D eigenvalue weighted by molar-refractivity contribution is 0.354. The molecule has 0 radical (unpaired) electrons. The number of methoxy groups -OCH3 is 2. The Kier molecular flexibility index (Phi) is 4.61. The standard InChI is InChI=1S/C13H17BrN4O2/c1-15-7-8-5-10(19-3)11(20-4)6-9(8)12-13(14)16-17-18(12)2/h5-6,15H,7H2,1-4H3. The number of benzene rings is 1. The fraction of sp³-hybridized carbons (Fsp3) is 0.385. The zero-order valence-electron chi connectivity index (χ0n) is 11.9. The summed E-state index contributed by atoms with van der Waals surface area (Å²) in [7, 11) is 7.00. The Balaban J connectivity index is 2.67. The lowest BCUT2D eigenvalue weighted by atomic mass is 10.0. The van der Waals surface area contributed by atoms with Gasteiger partial charge in [0, 0.05) is 19.2 Å². The summed E-state index contributed by atoms with van der Waals surface area (Å²) < 4.78 is 13.2. The number of nitrogens with zero attached hydrogens (tertiary/aromatic N) is 3. The Hall–Kier alpha value is -1.60. The third-order valence-electron chi connectivity index (χ3n) is 3.02. The monoisotopic (exact) mass is 340 g/mol. The summed E-state index contributed by atoms with van der Waals surface area (Å²) in [6.07, 6.45) is 0. The molecule has 0 saturated heterocycles. The van der Waals surface area contributed by atoms with Crippen molar-refractivity contribution in [1.29, 1.82) is 0 Å². The van der Waals surface area contributed by atoms with Gasteiger partial charge in [0.15, 0.2) is 16.1 Å². The van der Waals surface area contributed by atoms with E-state index in [1.807, 2.05) is 26.2 Å². The van der Waals surface area contributed by atoms with Crippen molar-refractivity contribution in [3.8, 4) is 22.8 Å². The molecule has 0 unspecified atom stereocenters. The number of ether oxygens (including phenoxy) is 2. The molecule has 0 aliphatic heterocycles. The first-order valence-corrected chi connectivity index (χ1v) is 6.86. The molecule has 7 heteroatoms. The van der Waals surface area contributed by atoms with Crippen LogP contribution < -0.4 is 14.8 Å². The van der Waals surface area contributed by atoms with Gasteiger partial charge in [-0.05, 0) is 40.7 Å². The van der Waals surface area contributed by atoms with Crippen molar-refractivity contribution in [3.63, 3.8) is 0 Å². The summed E-state index contributed by atoms with van der Waals surface area (Å²) in [5, 5.41) is 11.2. The average Bonchev–Trinajstić information content (AvgIpc) is 2.78. The molecule has 0 bridgehead atoms. The van der Waals surface area contributed by atoms with Crippen LogP contribution in [0.4, 0.5) is 0 Å². The molecule has 0 amide bonds. The molecule has 20 heavy (non-hydrogen) atoms. The number of hydrogen-bond donors (Lipinski definition) is 1. The summed E-state index contributed by atoms with van der Waals surface area (Å²) in [6.45, 7) is 0.702. The predicted octanol–water partition coefficient (Wildman–Crippen LogP) is 1.98. The summed E-state index contributed by atoms with van der Waals surface area (Å²) in [4.78, 5) is 0. The summed E-state index contributed by atoms with van der Waals surface area (Å²) in [5.74, 6) is 1.38. The van der Waals surface area contributed by atoms with Gasteiger partial charge in [0.2, 0.25) is 0 Å². The number of nitrogens with one attached hydrogen (secondary N) is 1. The molecule has 1 aromatic heterocycles. The Morgan fingerprint density at radius 2 is 1.90 bits per heavy atom. The number of rotatable bonds is 5. The van der Waals surface area contributed by atoms with Crippen molar-refractivity contribution in [2.24, 2.45) is 7.05 Å². The Morgan fingerprint density at radius 1 is 1.25 bits per heavy atom. The Bertz CT molecular complexity index is 593.